The van der Waals surface area contributed by atoms with Crippen LogP contribution in [0.4, 0.5) is 0 Å². The van der Waals surface area contributed by atoms with Crippen LogP contribution < -0.4 is 0 Å². The van der Waals surface area contributed by atoms with Gasteiger partial charge >= 0.3 is 0 Å². The van der Waals surface area contributed by atoms with Gasteiger partial charge in [-0.15, -0.1) is 0 Å². The average molecular weight is 457 g/mol. The Bertz CT molecular complexity index is 1000. The van der Waals surface area contributed by atoms with Gasteiger partial charge in [0.05, 0.1) is 6.61 Å². The first-order valence-electron chi connectivity index (χ1n) is 13.0. The Balaban J connectivity index is 2.04. The van der Waals surface area contributed by atoms with Gasteiger partial charge in [0.2, 0.25) is 0 Å². The third kappa shape index (κ3) is 6.39. The van der Waals surface area contributed by atoms with Crippen molar-refractivity contribution in [3.63, 3.8) is 0 Å². The van der Waals surface area contributed by atoms with E-state index < -0.39 is 0 Å². The van der Waals surface area contributed by atoms with E-state index in [2.05, 4.69) is 120 Å². The molecular weight excluding hydrogens is 412 g/mol. The molecular formula is C33H44O. The van der Waals surface area contributed by atoms with Gasteiger partial charge in [-0.05, 0) is 57.8 Å². The van der Waals surface area contributed by atoms with Crippen LogP contribution in [0.25, 0.3) is 0 Å². The van der Waals surface area contributed by atoms with Gasteiger partial charge in [0.25, 0.3) is 0 Å². The molecule has 0 aliphatic rings. The molecule has 1 nitrogen and oxygen atoms in total. The molecule has 0 saturated heterocycles. The molecule has 0 bridgehead atoms. The van der Waals surface area contributed by atoms with E-state index in [0.29, 0.717) is 11.8 Å². The van der Waals surface area contributed by atoms with Crippen LogP contribution in [0.1, 0.15) is 94.9 Å². The summed E-state index contributed by atoms with van der Waals surface area (Å²) in [5.74, 6) is 1.39. The van der Waals surface area contributed by atoms with Crippen LogP contribution in [0, 0.1) is 16.7 Å². The van der Waals surface area contributed by atoms with Crippen LogP contribution in [-0.2, 0) is 6.61 Å². The maximum Gasteiger partial charge on any atom is 0.0681 e. The second-order valence-corrected chi connectivity index (χ2v) is 11.5. The number of hydrogen-bond donors (Lipinski definition) is 1. The number of rotatable bonds is 11. The van der Waals surface area contributed by atoms with E-state index in [-0.39, 0.29) is 23.4 Å². The molecule has 0 fully saturated rings. The quantitative estimate of drug-likeness (QED) is 0.305. The van der Waals surface area contributed by atoms with Gasteiger partial charge in [0.15, 0.2) is 0 Å². The highest BCUT2D eigenvalue weighted by Crippen LogP contribution is 2.51. The first-order valence-corrected chi connectivity index (χ1v) is 13.0. The first-order chi connectivity index (χ1) is 16.2. The maximum absolute atomic E-state index is 9.79. The highest BCUT2D eigenvalue weighted by atomic mass is 16.3. The lowest BCUT2D eigenvalue weighted by molar-refractivity contribution is 0.133. The molecule has 3 aromatic rings. The Morgan fingerprint density at radius 1 is 0.676 bits per heavy atom. The molecule has 0 heterocycles. The zero-order valence-electron chi connectivity index (χ0n) is 22.1. The lowest BCUT2D eigenvalue weighted by Gasteiger charge is -2.43. The van der Waals surface area contributed by atoms with Crippen molar-refractivity contribution in [2.75, 3.05) is 0 Å². The topological polar surface area (TPSA) is 20.2 Å². The fourth-order valence-corrected chi connectivity index (χ4v) is 5.50. The summed E-state index contributed by atoms with van der Waals surface area (Å²) >= 11 is 0. The van der Waals surface area contributed by atoms with E-state index in [1.807, 2.05) is 6.07 Å². The Kier molecular flexibility index (Phi) is 8.77. The molecule has 3 rings (SSSR count). The fourth-order valence-electron chi connectivity index (χ4n) is 5.50. The maximum atomic E-state index is 9.79. The van der Waals surface area contributed by atoms with Crippen molar-refractivity contribution in [3.8, 4) is 0 Å². The van der Waals surface area contributed by atoms with Gasteiger partial charge in [-0.1, -0.05) is 133 Å². The van der Waals surface area contributed by atoms with Crippen LogP contribution in [0.15, 0.2) is 84.9 Å². The van der Waals surface area contributed by atoms with E-state index in [1.54, 1.807) is 0 Å². The summed E-state index contributed by atoms with van der Waals surface area (Å²) in [6.07, 6.45) is 3.41. The van der Waals surface area contributed by atoms with Gasteiger partial charge in [-0.3, -0.25) is 0 Å². The molecule has 0 spiro atoms. The SMILES string of the molecule is CCC(C)C(C)(C)CC(c1ccccc1)C(C)(C)CC(c1ccccc1)c1cccc(CO)c1. The largest absolute Gasteiger partial charge is 0.392 e. The molecule has 0 radical (unpaired) electrons. The van der Waals surface area contributed by atoms with Crippen molar-refractivity contribution in [1.82, 2.24) is 0 Å². The summed E-state index contributed by atoms with van der Waals surface area (Å²) in [7, 11) is 0. The molecule has 3 atom stereocenters. The number of hydrogen-bond acceptors (Lipinski definition) is 1. The average Bonchev–Trinajstić information content (AvgIpc) is 2.86. The second kappa shape index (κ2) is 11.4. The van der Waals surface area contributed by atoms with E-state index in [0.717, 1.165) is 18.4 Å². The fraction of sp³-hybridized carbons (Fsp3) is 0.455. The molecule has 0 aliphatic carbocycles. The molecule has 0 aromatic heterocycles. The second-order valence-electron chi connectivity index (χ2n) is 11.5. The van der Waals surface area contributed by atoms with Gasteiger partial charge < -0.3 is 5.11 Å². The van der Waals surface area contributed by atoms with E-state index in [9.17, 15) is 5.11 Å². The number of aliphatic hydroxyl groups excluding tert-OH is 1. The molecule has 3 unspecified atom stereocenters. The molecule has 0 saturated carbocycles. The van der Waals surface area contributed by atoms with Crippen LogP contribution in [0.3, 0.4) is 0 Å². The van der Waals surface area contributed by atoms with Crippen molar-refractivity contribution in [2.24, 2.45) is 16.7 Å². The minimum atomic E-state index is 0.0712. The van der Waals surface area contributed by atoms with E-state index in [1.165, 1.54) is 23.1 Å². The molecule has 3 aromatic carbocycles. The predicted molar refractivity (Wildman–Crippen MR) is 146 cm³/mol. The van der Waals surface area contributed by atoms with Crippen molar-refractivity contribution in [2.45, 2.75) is 79.2 Å². The number of benzene rings is 3. The zero-order valence-corrected chi connectivity index (χ0v) is 22.1. The molecule has 0 aliphatic heterocycles. The third-order valence-electron chi connectivity index (χ3n) is 8.29. The monoisotopic (exact) mass is 456 g/mol. The predicted octanol–water partition coefficient (Wildman–Crippen LogP) is 8.97. The summed E-state index contributed by atoms with van der Waals surface area (Å²) in [6, 6.07) is 30.6. The highest BCUT2D eigenvalue weighted by Gasteiger charge is 2.39. The molecule has 1 heteroatoms. The smallest absolute Gasteiger partial charge is 0.0681 e. The third-order valence-corrected chi connectivity index (χ3v) is 8.29. The summed E-state index contributed by atoms with van der Waals surface area (Å²) < 4.78 is 0. The normalized spacial score (nSPS) is 15.0. The number of aliphatic hydroxyl groups is 1. The Labute approximate surface area is 208 Å². The van der Waals surface area contributed by atoms with Crippen molar-refractivity contribution < 1.29 is 5.11 Å². The Morgan fingerprint density at radius 3 is 1.79 bits per heavy atom. The standard InChI is InChI=1S/C33H44O/c1-7-25(2)32(3,4)23-31(28-18-12-9-13-19-28)33(5,6)22-30(27-16-10-8-11-17-27)29-20-14-15-26(21-29)24-34/h8-21,25,30-31,34H,7,22-24H2,1-6H3. The van der Waals surface area contributed by atoms with Crippen LogP contribution in [-0.4, -0.2) is 5.11 Å². The summed E-state index contributed by atoms with van der Waals surface area (Å²) in [5, 5.41) is 9.79. The highest BCUT2D eigenvalue weighted by molar-refractivity contribution is 5.36. The van der Waals surface area contributed by atoms with Gasteiger partial charge in [-0.2, -0.15) is 0 Å². The van der Waals surface area contributed by atoms with Gasteiger partial charge in [-0.25, -0.2) is 0 Å². The first kappa shape index (κ1) is 26.2. The molecule has 182 valence electrons. The van der Waals surface area contributed by atoms with Crippen LogP contribution >= 0.6 is 0 Å². The van der Waals surface area contributed by atoms with Crippen LogP contribution in [0.2, 0.25) is 0 Å². The minimum Gasteiger partial charge on any atom is -0.392 e. The summed E-state index contributed by atoms with van der Waals surface area (Å²) in [6.45, 7) is 14.6. The molecule has 0 amide bonds. The summed E-state index contributed by atoms with van der Waals surface area (Å²) in [5.41, 5.74) is 5.39. The van der Waals surface area contributed by atoms with E-state index >= 15 is 0 Å². The lowest BCUT2D eigenvalue weighted by atomic mass is 9.61. The Hall–Kier alpha value is -2.38. The van der Waals surface area contributed by atoms with Crippen LogP contribution in [0.5, 0.6) is 0 Å². The Morgan fingerprint density at radius 2 is 1.24 bits per heavy atom. The van der Waals surface area contributed by atoms with Gasteiger partial charge in [0, 0.05) is 5.92 Å². The van der Waals surface area contributed by atoms with Gasteiger partial charge in [0.1, 0.15) is 0 Å². The van der Waals surface area contributed by atoms with Crippen molar-refractivity contribution in [3.05, 3.63) is 107 Å². The minimum absolute atomic E-state index is 0.0712. The molecule has 1 N–H and O–H groups in total. The van der Waals surface area contributed by atoms with Crippen molar-refractivity contribution >= 4 is 0 Å². The lowest BCUT2D eigenvalue weighted by Crippen LogP contribution is -2.32. The van der Waals surface area contributed by atoms with Crippen molar-refractivity contribution in [1.29, 1.82) is 0 Å². The zero-order chi connectivity index (χ0) is 24.8. The van der Waals surface area contributed by atoms with E-state index in [4.69, 9.17) is 0 Å². The summed E-state index contributed by atoms with van der Waals surface area (Å²) in [4.78, 5) is 0. The molecule has 34 heavy (non-hydrogen) atoms.